The lowest BCUT2D eigenvalue weighted by Gasteiger charge is -2.16. The van der Waals surface area contributed by atoms with Crippen molar-refractivity contribution in [3.63, 3.8) is 0 Å². The molecular formula is C12H24N2O. The molecule has 2 N–H and O–H groups in total. The third-order valence-electron chi connectivity index (χ3n) is 3.19. The average molecular weight is 212 g/mol. The molecule has 1 fully saturated rings. The minimum Gasteiger partial charge on any atom is -0.354 e. The van der Waals surface area contributed by atoms with Crippen LogP contribution in [0, 0.1) is 5.92 Å². The van der Waals surface area contributed by atoms with Gasteiger partial charge in [0.1, 0.15) is 0 Å². The van der Waals surface area contributed by atoms with Gasteiger partial charge in [-0.2, -0.15) is 0 Å². The van der Waals surface area contributed by atoms with Crippen molar-refractivity contribution in [2.24, 2.45) is 5.92 Å². The lowest BCUT2D eigenvalue weighted by atomic mass is 9.96. The highest BCUT2D eigenvalue weighted by Crippen LogP contribution is 2.17. The second-order valence-corrected chi connectivity index (χ2v) is 4.63. The molecule has 0 aromatic carbocycles. The first-order valence-electron chi connectivity index (χ1n) is 6.22. The topological polar surface area (TPSA) is 41.1 Å². The van der Waals surface area contributed by atoms with Crippen molar-refractivity contribution >= 4 is 5.91 Å². The highest BCUT2D eigenvalue weighted by molar-refractivity contribution is 5.76. The highest BCUT2D eigenvalue weighted by Gasteiger charge is 2.16. The zero-order valence-electron chi connectivity index (χ0n) is 10.0. The van der Waals surface area contributed by atoms with Gasteiger partial charge in [-0.25, -0.2) is 0 Å². The van der Waals surface area contributed by atoms with E-state index in [0.717, 1.165) is 25.9 Å². The minimum absolute atomic E-state index is 0.233. The van der Waals surface area contributed by atoms with Crippen LogP contribution >= 0.6 is 0 Å². The van der Waals surface area contributed by atoms with Crippen LogP contribution in [0.1, 0.15) is 46.0 Å². The second-order valence-electron chi connectivity index (χ2n) is 4.63. The zero-order valence-corrected chi connectivity index (χ0v) is 10.0. The molecule has 1 aliphatic heterocycles. The Morgan fingerprint density at radius 3 is 3.00 bits per heavy atom. The number of hydrogen-bond donors (Lipinski definition) is 2. The Bertz CT molecular complexity index is 186. The van der Waals surface area contributed by atoms with E-state index in [9.17, 15) is 4.79 Å². The summed E-state index contributed by atoms with van der Waals surface area (Å²) in [6.45, 7) is 6.35. The Morgan fingerprint density at radius 1 is 1.47 bits per heavy atom. The maximum absolute atomic E-state index is 11.7. The van der Waals surface area contributed by atoms with Gasteiger partial charge in [-0.1, -0.05) is 6.92 Å². The van der Waals surface area contributed by atoms with Gasteiger partial charge < -0.3 is 10.6 Å². The second kappa shape index (κ2) is 6.83. The summed E-state index contributed by atoms with van der Waals surface area (Å²) in [7, 11) is 0. The molecule has 1 rings (SSSR count). The SMILES string of the molecule is CCC(C)NC(=O)CC1CCCNCC1. The maximum atomic E-state index is 11.7. The van der Waals surface area contributed by atoms with Crippen LogP contribution in [-0.4, -0.2) is 25.0 Å². The molecule has 0 aliphatic carbocycles. The molecule has 0 spiro atoms. The average Bonchev–Trinajstić information content (AvgIpc) is 2.46. The molecule has 0 aromatic rings. The van der Waals surface area contributed by atoms with E-state index in [2.05, 4.69) is 24.5 Å². The van der Waals surface area contributed by atoms with E-state index in [4.69, 9.17) is 0 Å². The van der Waals surface area contributed by atoms with Gasteiger partial charge in [0.2, 0.25) is 5.91 Å². The largest absolute Gasteiger partial charge is 0.354 e. The van der Waals surface area contributed by atoms with E-state index in [1.54, 1.807) is 0 Å². The maximum Gasteiger partial charge on any atom is 0.220 e. The van der Waals surface area contributed by atoms with E-state index < -0.39 is 0 Å². The molecule has 2 unspecified atom stereocenters. The van der Waals surface area contributed by atoms with Gasteiger partial charge in [-0.15, -0.1) is 0 Å². The Morgan fingerprint density at radius 2 is 2.27 bits per heavy atom. The van der Waals surface area contributed by atoms with Crippen LogP contribution in [0.25, 0.3) is 0 Å². The third-order valence-corrected chi connectivity index (χ3v) is 3.19. The molecule has 1 amide bonds. The Hall–Kier alpha value is -0.570. The first-order valence-corrected chi connectivity index (χ1v) is 6.22. The Labute approximate surface area is 93.0 Å². The van der Waals surface area contributed by atoms with Crippen LogP contribution in [0.3, 0.4) is 0 Å². The van der Waals surface area contributed by atoms with Crippen molar-refractivity contribution in [2.45, 2.75) is 52.0 Å². The summed E-state index contributed by atoms with van der Waals surface area (Å²) >= 11 is 0. The standard InChI is InChI=1S/C12H24N2O/c1-3-10(2)14-12(15)9-11-5-4-7-13-8-6-11/h10-11,13H,3-9H2,1-2H3,(H,14,15). The van der Waals surface area contributed by atoms with E-state index >= 15 is 0 Å². The first-order chi connectivity index (χ1) is 7.22. The van der Waals surface area contributed by atoms with Crippen molar-refractivity contribution in [2.75, 3.05) is 13.1 Å². The van der Waals surface area contributed by atoms with Crippen LogP contribution in [0.5, 0.6) is 0 Å². The van der Waals surface area contributed by atoms with Crippen LogP contribution < -0.4 is 10.6 Å². The summed E-state index contributed by atoms with van der Waals surface area (Å²) in [4.78, 5) is 11.7. The van der Waals surface area contributed by atoms with Gasteiger partial charge in [-0.05, 0) is 51.6 Å². The van der Waals surface area contributed by atoms with Crippen molar-refractivity contribution in [1.29, 1.82) is 0 Å². The lowest BCUT2D eigenvalue weighted by Crippen LogP contribution is -2.33. The quantitative estimate of drug-likeness (QED) is 0.744. The van der Waals surface area contributed by atoms with Crippen molar-refractivity contribution < 1.29 is 4.79 Å². The fraction of sp³-hybridized carbons (Fsp3) is 0.917. The first kappa shape index (κ1) is 12.5. The Balaban J connectivity index is 2.23. The number of amides is 1. The van der Waals surface area contributed by atoms with Gasteiger partial charge in [-0.3, -0.25) is 4.79 Å². The number of nitrogens with one attached hydrogen (secondary N) is 2. The normalized spacial score (nSPS) is 24.3. The summed E-state index contributed by atoms with van der Waals surface area (Å²) in [5.74, 6) is 0.820. The van der Waals surface area contributed by atoms with Gasteiger partial charge >= 0.3 is 0 Å². The van der Waals surface area contributed by atoms with Gasteiger partial charge in [0.15, 0.2) is 0 Å². The Kier molecular flexibility index (Phi) is 5.69. The van der Waals surface area contributed by atoms with E-state index in [1.807, 2.05) is 0 Å². The summed E-state index contributed by atoms with van der Waals surface area (Å²) in [5, 5.41) is 6.41. The molecule has 0 radical (unpaired) electrons. The zero-order chi connectivity index (χ0) is 11.1. The monoisotopic (exact) mass is 212 g/mol. The minimum atomic E-state index is 0.233. The predicted molar refractivity (Wildman–Crippen MR) is 62.7 cm³/mol. The summed E-state index contributed by atoms with van der Waals surface area (Å²) < 4.78 is 0. The van der Waals surface area contributed by atoms with Crippen LogP contribution in [0.4, 0.5) is 0 Å². The summed E-state index contributed by atoms with van der Waals surface area (Å²) in [6.07, 6.45) is 5.28. The lowest BCUT2D eigenvalue weighted by molar-refractivity contribution is -0.122. The van der Waals surface area contributed by atoms with Crippen molar-refractivity contribution in [3.8, 4) is 0 Å². The number of hydrogen-bond acceptors (Lipinski definition) is 2. The third kappa shape index (κ3) is 5.17. The smallest absolute Gasteiger partial charge is 0.220 e. The van der Waals surface area contributed by atoms with E-state index in [0.29, 0.717) is 18.4 Å². The molecule has 0 saturated carbocycles. The van der Waals surface area contributed by atoms with Gasteiger partial charge in [0.05, 0.1) is 0 Å². The van der Waals surface area contributed by atoms with Crippen molar-refractivity contribution in [1.82, 2.24) is 10.6 Å². The highest BCUT2D eigenvalue weighted by atomic mass is 16.1. The van der Waals surface area contributed by atoms with Crippen LogP contribution in [0.15, 0.2) is 0 Å². The fourth-order valence-corrected chi connectivity index (χ4v) is 1.99. The molecule has 1 aliphatic rings. The molecule has 88 valence electrons. The molecule has 3 nitrogen and oxygen atoms in total. The fourth-order valence-electron chi connectivity index (χ4n) is 1.99. The van der Waals surface area contributed by atoms with Crippen LogP contribution in [-0.2, 0) is 4.79 Å². The molecule has 0 bridgehead atoms. The molecule has 0 aromatic heterocycles. The number of carbonyl (C=O) groups is 1. The molecule has 1 saturated heterocycles. The van der Waals surface area contributed by atoms with Gasteiger partial charge in [0, 0.05) is 12.5 Å². The molecule has 3 heteroatoms. The summed E-state index contributed by atoms with van der Waals surface area (Å²) in [6, 6.07) is 0.321. The van der Waals surface area contributed by atoms with Crippen LogP contribution in [0.2, 0.25) is 0 Å². The van der Waals surface area contributed by atoms with E-state index in [-0.39, 0.29) is 5.91 Å². The number of rotatable bonds is 4. The molecule has 15 heavy (non-hydrogen) atoms. The molecule has 2 atom stereocenters. The van der Waals surface area contributed by atoms with Gasteiger partial charge in [0.25, 0.3) is 0 Å². The molecular weight excluding hydrogens is 188 g/mol. The number of carbonyl (C=O) groups excluding carboxylic acids is 1. The predicted octanol–water partition coefficient (Wildman–Crippen LogP) is 1.68. The molecule has 1 heterocycles. The van der Waals surface area contributed by atoms with E-state index in [1.165, 1.54) is 12.8 Å². The summed E-state index contributed by atoms with van der Waals surface area (Å²) in [5.41, 5.74) is 0. The van der Waals surface area contributed by atoms with Crippen molar-refractivity contribution in [3.05, 3.63) is 0 Å².